The minimum absolute atomic E-state index is 0.0929. The molecule has 0 aromatic heterocycles. The Labute approximate surface area is 132 Å². The molecule has 1 N–H and O–H groups in total. The van der Waals surface area contributed by atoms with Gasteiger partial charge in [0.25, 0.3) is 0 Å². The van der Waals surface area contributed by atoms with Gasteiger partial charge < -0.3 is 19.9 Å². The highest BCUT2D eigenvalue weighted by Crippen LogP contribution is 2.18. The highest BCUT2D eigenvalue weighted by molar-refractivity contribution is 5.81. The molecule has 0 atom stereocenters. The third-order valence-corrected chi connectivity index (χ3v) is 3.29. The molecule has 6 heteroatoms. The van der Waals surface area contributed by atoms with Gasteiger partial charge in [0.1, 0.15) is 5.75 Å². The van der Waals surface area contributed by atoms with E-state index in [-0.39, 0.29) is 5.91 Å². The summed E-state index contributed by atoms with van der Waals surface area (Å²) >= 11 is 0. The molecule has 0 bridgehead atoms. The molecule has 0 aliphatic carbocycles. The fraction of sp³-hybridized carbons (Fsp3) is 0.500. The Morgan fingerprint density at radius 3 is 2.55 bits per heavy atom. The lowest BCUT2D eigenvalue weighted by Gasteiger charge is -2.23. The summed E-state index contributed by atoms with van der Waals surface area (Å²) in [5.74, 6) is 1.69. The maximum atomic E-state index is 11.6. The van der Waals surface area contributed by atoms with Crippen molar-refractivity contribution in [2.45, 2.75) is 13.0 Å². The first-order valence-corrected chi connectivity index (χ1v) is 7.23. The van der Waals surface area contributed by atoms with Crippen molar-refractivity contribution in [2.75, 3.05) is 41.8 Å². The average molecular weight is 306 g/mol. The summed E-state index contributed by atoms with van der Waals surface area (Å²) in [6.07, 6.45) is 0.439. The highest BCUT2D eigenvalue weighted by Gasteiger charge is 2.10. The number of para-hydroxylation sites is 1. The largest absolute Gasteiger partial charge is 0.496 e. The predicted octanol–water partition coefficient (Wildman–Crippen LogP) is 1.18. The summed E-state index contributed by atoms with van der Waals surface area (Å²) in [6, 6.07) is 7.90. The Hall–Kier alpha value is -2.24. The van der Waals surface area contributed by atoms with Crippen LogP contribution in [0.15, 0.2) is 29.3 Å². The number of guanidine groups is 1. The molecule has 0 fully saturated rings. The van der Waals surface area contributed by atoms with Gasteiger partial charge in [-0.05, 0) is 6.07 Å². The van der Waals surface area contributed by atoms with Gasteiger partial charge >= 0.3 is 0 Å². The molecule has 0 aliphatic rings. The lowest BCUT2D eigenvalue weighted by molar-refractivity contribution is -0.128. The SMILES string of the molecule is CN=C(NCCC(=O)N(C)C)N(C)Cc1ccccc1OC. The number of aliphatic imine (C=N–C) groups is 1. The Kier molecular flexibility index (Phi) is 7.22. The van der Waals surface area contributed by atoms with E-state index in [0.717, 1.165) is 17.3 Å². The van der Waals surface area contributed by atoms with Crippen LogP contribution in [0.1, 0.15) is 12.0 Å². The van der Waals surface area contributed by atoms with Crippen molar-refractivity contribution >= 4 is 11.9 Å². The van der Waals surface area contributed by atoms with Gasteiger partial charge in [0.15, 0.2) is 5.96 Å². The minimum atomic E-state index is 0.0929. The van der Waals surface area contributed by atoms with E-state index in [4.69, 9.17) is 4.74 Å². The fourth-order valence-electron chi connectivity index (χ4n) is 2.05. The second-order valence-electron chi connectivity index (χ2n) is 5.18. The number of hydrogen-bond acceptors (Lipinski definition) is 3. The van der Waals surface area contributed by atoms with Crippen LogP contribution in [-0.2, 0) is 11.3 Å². The van der Waals surface area contributed by atoms with Crippen LogP contribution in [0.3, 0.4) is 0 Å². The second kappa shape index (κ2) is 8.92. The third-order valence-electron chi connectivity index (χ3n) is 3.29. The topological polar surface area (TPSA) is 57.2 Å². The molecule has 1 aromatic carbocycles. The van der Waals surface area contributed by atoms with Gasteiger partial charge in [-0.2, -0.15) is 0 Å². The summed E-state index contributed by atoms with van der Waals surface area (Å²) < 4.78 is 5.36. The van der Waals surface area contributed by atoms with Gasteiger partial charge in [-0.25, -0.2) is 0 Å². The molecule has 1 rings (SSSR count). The first kappa shape index (κ1) is 17.8. The second-order valence-corrected chi connectivity index (χ2v) is 5.18. The Bertz CT molecular complexity index is 515. The number of carbonyl (C=O) groups is 1. The molecule has 6 nitrogen and oxygen atoms in total. The van der Waals surface area contributed by atoms with Gasteiger partial charge in [-0.15, -0.1) is 0 Å². The summed E-state index contributed by atoms with van der Waals surface area (Å²) in [4.78, 5) is 19.4. The van der Waals surface area contributed by atoms with Crippen molar-refractivity contribution in [2.24, 2.45) is 4.99 Å². The molecule has 0 aliphatic heterocycles. The summed E-state index contributed by atoms with van der Waals surface area (Å²) in [5, 5.41) is 3.20. The molecule has 1 amide bonds. The van der Waals surface area contributed by atoms with Gasteiger partial charge in [0.2, 0.25) is 5.91 Å². The number of methoxy groups -OCH3 is 1. The highest BCUT2D eigenvalue weighted by atomic mass is 16.5. The predicted molar refractivity (Wildman–Crippen MR) is 89.1 cm³/mol. The van der Waals surface area contributed by atoms with E-state index < -0.39 is 0 Å². The number of rotatable bonds is 6. The molecule has 0 saturated carbocycles. The number of ether oxygens (including phenoxy) is 1. The monoisotopic (exact) mass is 306 g/mol. The van der Waals surface area contributed by atoms with E-state index in [1.54, 1.807) is 33.2 Å². The molecule has 0 spiro atoms. The van der Waals surface area contributed by atoms with E-state index in [2.05, 4.69) is 10.3 Å². The van der Waals surface area contributed by atoms with E-state index in [1.165, 1.54) is 0 Å². The molecule has 0 radical (unpaired) electrons. The molecule has 0 unspecified atom stereocenters. The number of nitrogens with one attached hydrogen (secondary N) is 1. The van der Waals surface area contributed by atoms with Crippen molar-refractivity contribution in [3.05, 3.63) is 29.8 Å². The zero-order valence-electron chi connectivity index (χ0n) is 14.1. The maximum absolute atomic E-state index is 11.6. The fourth-order valence-corrected chi connectivity index (χ4v) is 2.05. The molecule has 0 heterocycles. The third kappa shape index (κ3) is 5.27. The van der Waals surface area contributed by atoms with Crippen LogP contribution in [0.4, 0.5) is 0 Å². The molecular formula is C16H26N4O2. The van der Waals surface area contributed by atoms with Gasteiger partial charge in [-0.1, -0.05) is 18.2 Å². The smallest absolute Gasteiger partial charge is 0.223 e. The number of carbonyl (C=O) groups excluding carboxylic acids is 1. The normalized spacial score (nSPS) is 11.0. The lowest BCUT2D eigenvalue weighted by atomic mass is 10.2. The van der Waals surface area contributed by atoms with Crippen molar-refractivity contribution in [1.82, 2.24) is 15.1 Å². The van der Waals surface area contributed by atoms with Crippen molar-refractivity contribution in [3.63, 3.8) is 0 Å². The quantitative estimate of drug-likeness (QED) is 0.633. The number of hydrogen-bond donors (Lipinski definition) is 1. The van der Waals surface area contributed by atoms with E-state index in [9.17, 15) is 4.79 Å². The minimum Gasteiger partial charge on any atom is -0.496 e. The van der Waals surface area contributed by atoms with Crippen LogP contribution in [0, 0.1) is 0 Å². The van der Waals surface area contributed by atoms with Crippen molar-refractivity contribution in [1.29, 1.82) is 0 Å². The van der Waals surface area contributed by atoms with Gasteiger partial charge in [0.05, 0.1) is 7.11 Å². The summed E-state index contributed by atoms with van der Waals surface area (Å²) in [7, 11) is 8.86. The molecule has 1 aromatic rings. The maximum Gasteiger partial charge on any atom is 0.223 e. The molecular weight excluding hydrogens is 280 g/mol. The Morgan fingerprint density at radius 1 is 1.27 bits per heavy atom. The van der Waals surface area contributed by atoms with Crippen LogP contribution in [-0.4, -0.2) is 63.5 Å². The standard InChI is InChI=1S/C16H26N4O2/c1-17-16(18-11-10-15(21)19(2)3)20(4)12-13-8-6-7-9-14(13)22-5/h6-9H,10-12H2,1-5H3,(H,17,18). The first-order valence-electron chi connectivity index (χ1n) is 7.23. The number of benzene rings is 1. The zero-order chi connectivity index (χ0) is 16.5. The van der Waals surface area contributed by atoms with Crippen LogP contribution < -0.4 is 10.1 Å². The molecule has 122 valence electrons. The molecule has 22 heavy (non-hydrogen) atoms. The Balaban J connectivity index is 2.58. The first-order chi connectivity index (χ1) is 10.5. The van der Waals surface area contributed by atoms with Crippen molar-refractivity contribution < 1.29 is 9.53 Å². The lowest BCUT2D eigenvalue weighted by Crippen LogP contribution is -2.40. The van der Waals surface area contributed by atoms with Crippen LogP contribution in [0.2, 0.25) is 0 Å². The summed E-state index contributed by atoms with van der Waals surface area (Å²) in [6.45, 7) is 1.23. The number of amides is 1. The summed E-state index contributed by atoms with van der Waals surface area (Å²) in [5.41, 5.74) is 1.08. The average Bonchev–Trinajstić information content (AvgIpc) is 2.51. The number of nitrogens with zero attached hydrogens (tertiary/aromatic N) is 3. The van der Waals surface area contributed by atoms with Crippen LogP contribution in [0.25, 0.3) is 0 Å². The Morgan fingerprint density at radius 2 is 1.95 bits per heavy atom. The van der Waals surface area contributed by atoms with Crippen LogP contribution >= 0.6 is 0 Å². The van der Waals surface area contributed by atoms with Crippen molar-refractivity contribution in [3.8, 4) is 5.75 Å². The molecule has 0 saturated heterocycles. The zero-order valence-corrected chi connectivity index (χ0v) is 14.1. The van der Waals surface area contributed by atoms with Gasteiger partial charge in [0, 0.05) is 53.3 Å². The van der Waals surface area contributed by atoms with E-state index in [0.29, 0.717) is 19.5 Å². The van der Waals surface area contributed by atoms with E-state index in [1.807, 2.05) is 36.2 Å². The van der Waals surface area contributed by atoms with Crippen LogP contribution in [0.5, 0.6) is 5.75 Å². The van der Waals surface area contributed by atoms with E-state index >= 15 is 0 Å². The van der Waals surface area contributed by atoms with Gasteiger partial charge in [-0.3, -0.25) is 9.79 Å².